The summed E-state index contributed by atoms with van der Waals surface area (Å²) in [6.45, 7) is 1.90. The molecule has 0 fully saturated rings. The molecule has 2 aromatic rings. The Balaban J connectivity index is 1.85. The van der Waals surface area contributed by atoms with Gasteiger partial charge in [0.05, 0.1) is 11.6 Å². The van der Waals surface area contributed by atoms with Crippen LogP contribution in [0, 0.1) is 18.3 Å². The van der Waals surface area contributed by atoms with Crippen LogP contribution in [0.3, 0.4) is 0 Å². The quantitative estimate of drug-likeness (QED) is 0.655. The molecule has 0 saturated carbocycles. The normalized spacial score (nSPS) is 9.85. The molecule has 0 aliphatic rings. The van der Waals surface area contributed by atoms with E-state index in [0.717, 1.165) is 11.1 Å². The van der Waals surface area contributed by atoms with Crippen molar-refractivity contribution >= 4 is 11.8 Å². The summed E-state index contributed by atoms with van der Waals surface area (Å²) in [4.78, 5) is 23.5. The van der Waals surface area contributed by atoms with Crippen LogP contribution in [0.4, 0.5) is 0 Å². The molecule has 2 rings (SSSR count). The van der Waals surface area contributed by atoms with E-state index in [2.05, 4.69) is 10.6 Å². The number of ether oxygens (including phenoxy) is 1. The van der Waals surface area contributed by atoms with Crippen molar-refractivity contribution in [2.75, 3.05) is 13.2 Å². The molecule has 0 saturated heterocycles. The van der Waals surface area contributed by atoms with Gasteiger partial charge in [-0.25, -0.2) is 0 Å². The van der Waals surface area contributed by atoms with Gasteiger partial charge in [0.1, 0.15) is 18.0 Å². The van der Waals surface area contributed by atoms with E-state index in [1.165, 1.54) is 6.07 Å². The molecule has 134 valence electrons. The highest BCUT2D eigenvalue weighted by atomic mass is 16.5. The molecule has 3 N–H and O–H groups in total. The highest BCUT2D eigenvalue weighted by Gasteiger charge is 2.11. The summed E-state index contributed by atoms with van der Waals surface area (Å²) in [5.41, 5.74) is 1.95. The van der Waals surface area contributed by atoms with Gasteiger partial charge in [-0.15, -0.1) is 0 Å². The number of nitriles is 1. The number of nitrogens with one attached hydrogen (secondary N) is 2. The maximum atomic E-state index is 12.2. The zero-order valence-electron chi connectivity index (χ0n) is 14.3. The van der Waals surface area contributed by atoms with E-state index in [1.807, 2.05) is 13.0 Å². The van der Waals surface area contributed by atoms with Gasteiger partial charge in [-0.2, -0.15) is 5.26 Å². The lowest BCUT2D eigenvalue weighted by Crippen LogP contribution is -2.29. The summed E-state index contributed by atoms with van der Waals surface area (Å²) in [5, 5.41) is 23.3. The van der Waals surface area contributed by atoms with Crippen molar-refractivity contribution in [1.29, 1.82) is 5.26 Å². The Morgan fingerprint density at radius 2 is 1.88 bits per heavy atom. The largest absolute Gasteiger partial charge is 0.507 e. The first-order chi connectivity index (χ1) is 12.5. The van der Waals surface area contributed by atoms with Crippen molar-refractivity contribution in [3.8, 4) is 17.6 Å². The van der Waals surface area contributed by atoms with Crippen molar-refractivity contribution in [3.63, 3.8) is 0 Å². The summed E-state index contributed by atoms with van der Waals surface area (Å²) >= 11 is 0. The van der Waals surface area contributed by atoms with Gasteiger partial charge in [-0.05, 0) is 36.8 Å². The molecule has 0 aliphatic carbocycles. The summed E-state index contributed by atoms with van der Waals surface area (Å²) in [6.07, 6.45) is 0. The van der Waals surface area contributed by atoms with Crippen LogP contribution in [0.5, 0.6) is 11.5 Å². The van der Waals surface area contributed by atoms with Crippen molar-refractivity contribution in [3.05, 3.63) is 59.2 Å². The molecule has 0 radical (unpaired) electrons. The van der Waals surface area contributed by atoms with Crippen LogP contribution in [0.25, 0.3) is 0 Å². The van der Waals surface area contributed by atoms with Crippen molar-refractivity contribution in [2.45, 2.75) is 13.5 Å². The van der Waals surface area contributed by atoms with Crippen molar-refractivity contribution < 1.29 is 19.4 Å². The van der Waals surface area contributed by atoms with Crippen LogP contribution in [-0.2, 0) is 11.3 Å². The Bertz CT molecular complexity index is 826. The van der Waals surface area contributed by atoms with Crippen LogP contribution in [0.2, 0.25) is 0 Å². The molecular formula is C19H19N3O4. The third-order valence-electron chi connectivity index (χ3n) is 3.51. The lowest BCUT2D eigenvalue weighted by molar-refractivity contribution is -0.122. The number of carbonyl (C=O) groups excluding carboxylic acids is 2. The molecule has 0 spiro atoms. The molecule has 0 aromatic heterocycles. The number of hydrogen-bond donors (Lipinski definition) is 3. The molecule has 7 heteroatoms. The monoisotopic (exact) mass is 353 g/mol. The summed E-state index contributed by atoms with van der Waals surface area (Å²) < 4.78 is 5.30. The molecule has 0 atom stereocenters. The van der Waals surface area contributed by atoms with Crippen LogP contribution in [0.1, 0.15) is 21.5 Å². The number of phenolic OH excluding ortho intramolecular Hbond substituents is 1. The molecule has 26 heavy (non-hydrogen) atoms. The number of amides is 2. The van der Waals surface area contributed by atoms with Gasteiger partial charge in [0.15, 0.2) is 6.61 Å². The first-order valence-electron chi connectivity index (χ1n) is 7.93. The molecule has 0 unspecified atom stereocenters. The molecular weight excluding hydrogens is 334 g/mol. The highest BCUT2D eigenvalue weighted by Crippen LogP contribution is 2.18. The van der Waals surface area contributed by atoms with Gasteiger partial charge in [0, 0.05) is 6.54 Å². The molecule has 7 nitrogen and oxygen atoms in total. The number of aryl methyl sites for hydroxylation is 1. The number of nitrogens with zero attached hydrogens (tertiary/aromatic N) is 1. The smallest absolute Gasteiger partial charge is 0.258 e. The second kappa shape index (κ2) is 9.08. The summed E-state index contributed by atoms with van der Waals surface area (Å²) in [7, 11) is 0. The Labute approximate surface area is 151 Å². The van der Waals surface area contributed by atoms with Crippen molar-refractivity contribution in [1.82, 2.24) is 10.6 Å². The average Bonchev–Trinajstić information content (AvgIpc) is 2.65. The van der Waals surface area contributed by atoms with Crippen molar-refractivity contribution in [2.24, 2.45) is 0 Å². The van der Waals surface area contributed by atoms with Gasteiger partial charge < -0.3 is 20.5 Å². The Kier molecular flexibility index (Phi) is 6.57. The number of hydrogen-bond acceptors (Lipinski definition) is 5. The third kappa shape index (κ3) is 5.53. The van der Waals surface area contributed by atoms with E-state index >= 15 is 0 Å². The SMILES string of the molecule is Cc1ccc(O)c(C(=O)NCc2ccc(OCC(=O)NCC#N)cc2)c1. The molecule has 2 amide bonds. The maximum Gasteiger partial charge on any atom is 0.258 e. The lowest BCUT2D eigenvalue weighted by atomic mass is 10.1. The van der Waals surface area contributed by atoms with E-state index in [4.69, 9.17) is 10.00 Å². The number of phenols is 1. The second-order valence-corrected chi connectivity index (χ2v) is 5.57. The molecule has 0 heterocycles. The second-order valence-electron chi connectivity index (χ2n) is 5.57. The van der Waals surface area contributed by atoms with Crippen LogP contribution < -0.4 is 15.4 Å². The molecule has 0 bridgehead atoms. The van der Waals surface area contributed by atoms with Crippen LogP contribution in [0.15, 0.2) is 42.5 Å². The summed E-state index contributed by atoms with van der Waals surface area (Å²) in [5.74, 6) is -0.295. The predicted octanol–water partition coefficient (Wildman–Crippen LogP) is 1.65. The lowest BCUT2D eigenvalue weighted by Gasteiger charge is -2.09. The first kappa shape index (κ1) is 18.8. The van der Waals surface area contributed by atoms with Gasteiger partial charge >= 0.3 is 0 Å². The van der Waals surface area contributed by atoms with Gasteiger partial charge in [0.25, 0.3) is 11.8 Å². The van der Waals surface area contributed by atoms with Gasteiger partial charge in [-0.1, -0.05) is 23.8 Å². The minimum absolute atomic E-state index is 0.0582. The van der Waals surface area contributed by atoms with Gasteiger partial charge in [-0.3, -0.25) is 9.59 Å². The van der Waals surface area contributed by atoms with E-state index in [-0.39, 0.29) is 42.8 Å². The van der Waals surface area contributed by atoms with E-state index in [9.17, 15) is 14.7 Å². The Hall–Kier alpha value is -3.53. The number of benzene rings is 2. The Morgan fingerprint density at radius 1 is 1.15 bits per heavy atom. The average molecular weight is 353 g/mol. The fourth-order valence-electron chi connectivity index (χ4n) is 2.15. The van der Waals surface area contributed by atoms with E-state index in [1.54, 1.807) is 36.4 Å². The topological polar surface area (TPSA) is 111 Å². The standard InChI is InChI=1S/C19H19N3O4/c1-13-2-7-17(23)16(10-13)19(25)22-11-14-3-5-15(6-4-14)26-12-18(24)21-9-8-20/h2-7,10,23H,9,11-12H2,1H3,(H,21,24)(H,22,25). The minimum atomic E-state index is -0.374. The maximum absolute atomic E-state index is 12.2. The number of carbonyl (C=O) groups is 2. The van der Waals surface area contributed by atoms with Crippen LogP contribution >= 0.6 is 0 Å². The zero-order chi connectivity index (χ0) is 18.9. The number of aromatic hydroxyl groups is 1. The summed E-state index contributed by atoms with van der Waals surface area (Å²) in [6, 6.07) is 13.5. The fraction of sp³-hybridized carbons (Fsp3) is 0.211. The zero-order valence-corrected chi connectivity index (χ0v) is 14.3. The van der Waals surface area contributed by atoms with E-state index < -0.39 is 0 Å². The highest BCUT2D eigenvalue weighted by molar-refractivity contribution is 5.96. The fourth-order valence-corrected chi connectivity index (χ4v) is 2.15. The molecule has 0 aliphatic heterocycles. The third-order valence-corrected chi connectivity index (χ3v) is 3.51. The van der Waals surface area contributed by atoms with Gasteiger partial charge in [0.2, 0.25) is 0 Å². The minimum Gasteiger partial charge on any atom is -0.507 e. The Morgan fingerprint density at radius 3 is 2.58 bits per heavy atom. The first-order valence-corrected chi connectivity index (χ1v) is 7.93. The predicted molar refractivity (Wildman–Crippen MR) is 94.6 cm³/mol. The van der Waals surface area contributed by atoms with E-state index in [0.29, 0.717) is 5.75 Å². The molecule has 2 aromatic carbocycles. The number of rotatable bonds is 7. The van der Waals surface area contributed by atoms with Crippen LogP contribution in [-0.4, -0.2) is 30.1 Å².